The van der Waals surface area contributed by atoms with Gasteiger partial charge in [-0.25, -0.2) is 4.98 Å². The summed E-state index contributed by atoms with van der Waals surface area (Å²) in [5, 5.41) is 9.55. The molecule has 5 heteroatoms. The van der Waals surface area contributed by atoms with E-state index >= 15 is 0 Å². The Morgan fingerprint density at radius 2 is 1.52 bits per heavy atom. The lowest BCUT2D eigenvalue weighted by Crippen LogP contribution is -2.17. The van der Waals surface area contributed by atoms with Crippen LogP contribution in [0.25, 0.3) is 17.1 Å². The van der Waals surface area contributed by atoms with Crippen LogP contribution in [0.4, 0.5) is 0 Å². The number of imidazole rings is 1. The molecule has 2 aliphatic rings. The zero-order valence-electron chi connectivity index (χ0n) is 18.5. The van der Waals surface area contributed by atoms with E-state index in [1.54, 1.807) is 16.7 Å². The van der Waals surface area contributed by atoms with E-state index in [9.17, 15) is 9.90 Å². The molecule has 0 radical (unpaired) electrons. The third-order valence-electron chi connectivity index (χ3n) is 5.95. The van der Waals surface area contributed by atoms with Crippen LogP contribution in [0.15, 0.2) is 89.9 Å². The summed E-state index contributed by atoms with van der Waals surface area (Å²) in [5.41, 5.74) is 6.51. The van der Waals surface area contributed by atoms with Gasteiger partial charge < -0.3 is 10.1 Å². The number of fused-ring (bicyclic) bond motifs is 1. The zero-order chi connectivity index (χ0) is 22.8. The van der Waals surface area contributed by atoms with Crippen LogP contribution in [-0.4, -0.2) is 19.6 Å². The highest BCUT2D eigenvalue weighted by atomic mass is 16.3. The zero-order valence-corrected chi connectivity index (χ0v) is 18.5. The third-order valence-corrected chi connectivity index (χ3v) is 5.95. The van der Waals surface area contributed by atoms with Crippen LogP contribution in [0.3, 0.4) is 0 Å². The Morgan fingerprint density at radius 1 is 0.848 bits per heavy atom. The van der Waals surface area contributed by atoms with E-state index in [2.05, 4.69) is 48.3 Å². The Hall–Kier alpha value is -4.12. The number of hydrogen-bond donors (Lipinski definition) is 2. The second-order valence-electron chi connectivity index (χ2n) is 8.26. The summed E-state index contributed by atoms with van der Waals surface area (Å²) in [4.78, 5) is 21.6. The molecule has 0 aliphatic carbocycles. The molecule has 0 saturated carbocycles. The van der Waals surface area contributed by atoms with Gasteiger partial charge in [0.15, 0.2) is 5.82 Å². The Morgan fingerprint density at radius 3 is 2.21 bits per heavy atom. The van der Waals surface area contributed by atoms with Crippen molar-refractivity contribution in [2.45, 2.75) is 26.2 Å². The lowest BCUT2D eigenvalue weighted by molar-refractivity contribution is 0.475. The summed E-state index contributed by atoms with van der Waals surface area (Å²) in [6.45, 7) is 2.13. The van der Waals surface area contributed by atoms with Gasteiger partial charge in [0.25, 0.3) is 5.56 Å². The number of hydrogen-bond acceptors (Lipinski definition) is 3. The van der Waals surface area contributed by atoms with Gasteiger partial charge in [0.05, 0.1) is 11.4 Å². The molecule has 0 unspecified atom stereocenters. The quantitative estimate of drug-likeness (QED) is 0.389. The number of aryl methyl sites for hydroxylation is 1. The first-order valence-electron chi connectivity index (χ1n) is 11.1. The molecule has 0 saturated heterocycles. The summed E-state index contributed by atoms with van der Waals surface area (Å²) >= 11 is 0. The van der Waals surface area contributed by atoms with Gasteiger partial charge in [-0.15, -0.1) is 0 Å². The minimum absolute atomic E-state index is 0.118. The van der Waals surface area contributed by atoms with Crippen LogP contribution in [0.1, 0.15) is 35.0 Å². The molecule has 0 fully saturated rings. The number of aromatic amines is 1. The van der Waals surface area contributed by atoms with E-state index in [4.69, 9.17) is 4.98 Å². The van der Waals surface area contributed by atoms with Crippen molar-refractivity contribution < 1.29 is 5.11 Å². The maximum Gasteiger partial charge on any atom is 0.278 e. The minimum Gasteiger partial charge on any atom is -0.508 e. The summed E-state index contributed by atoms with van der Waals surface area (Å²) in [7, 11) is 0. The fourth-order valence-electron chi connectivity index (χ4n) is 4.09. The van der Waals surface area contributed by atoms with Gasteiger partial charge in [-0.3, -0.25) is 9.36 Å². The first-order valence-corrected chi connectivity index (χ1v) is 11.1. The largest absolute Gasteiger partial charge is 0.508 e. The molecule has 3 aromatic carbocycles. The maximum absolute atomic E-state index is 13.3. The number of nitrogens with zero attached hydrogens (tertiary/aromatic N) is 2. The van der Waals surface area contributed by atoms with Gasteiger partial charge in [-0.2, -0.15) is 0 Å². The topological polar surface area (TPSA) is 70.9 Å². The van der Waals surface area contributed by atoms with Gasteiger partial charge >= 0.3 is 0 Å². The lowest BCUT2D eigenvalue weighted by Gasteiger charge is -2.13. The van der Waals surface area contributed by atoms with Crippen LogP contribution in [-0.2, 0) is 19.3 Å². The van der Waals surface area contributed by atoms with E-state index in [1.165, 1.54) is 5.56 Å². The summed E-state index contributed by atoms with van der Waals surface area (Å²) in [6.07, 6.45) is 3.88. The number of rotatable bonds is 6. The van der Waals surface area contributed by atoms with Crippen molar-refractivity contribution in [3.05, 3.63) is 123 Å². The van der Waals surface area contributed by atoms with E-state index in [0.29, 0.717) is 24.4 Å². The van der Waals surface area contributed by atoms with Crippen molar-refractivity contribution in [1.82, 2.24) is 14.5 Å². The van der Waals surface area contributed by atoms with E-state index < -0.39 is 0 Å². The van der Waals surface area contributed by atoms with E-state index in [1.807, 2.05) is 36.5 Å². The predicted molar refractivity (Wildman–Crippen MR) is 130 cm³/mol. The van der Waals surface area contributed by atoms with Crippen molar-refractivity contribution in [2.24, 2.45) is 0 Å². The fraction of sp³-hybridized carbons (Fsp3) is 0.143. The predicted octanol–water partition coefficient (Wildman–Crippen LogP) is 5.12. The van der Waals surface area contributed by atoms with Crippen LogP contribution >= 0.6 is 0 Å². The SMILES string of the molecule is CCc1ccc(-c2cn3c(=O)c(Cc4ccc(O)cc4)nc-3c(Cc3ccccc3)[nH]2)cc1. The second kappa shape index (κ2) is 8.79. The van der Waals surface area contributed by atoms with Crippen molar-refractivity contribution in [2.75, 3.05) is 0 Å². The first-order chi connectivity index (χ1) is 16.1. The molecule has 0 bridgehead atoms. The third kappa shape index (κ3) is 4.30. The normalized spacial score (nSPS) is 11.2. The molecule has 164 valence electrons. The molecule has 0 amide bonds. The Labute approximate surface area is 192 Å². The van der Waals surface area contributed by atoms with Crippen LogP contribution in [0.5, 0.6) is 5.75 Å². The summed E-state index contributed by atoms with van der Waals surface area (Å²) < 4.78 is 1.66. The fourth-order valence-corrected chi connectivity index (χ4v) is 4.09. The van der Waals surface area contributed by atoms with Gasteiger partial charge in [-0.05, 0) is 40.8 Å². The van der Waals surface area contributed by atoms with Crippen molar-refractivity contribution in [1.29, 1.82) is 0 Å². The molecule has 0 spiro atoms. The highest BCUT2D eigenvalue weighted by Crippen LogP contribution is 2.24. The summed E-state index contributed by atoms with van der Waals surface area (Å²) in [5.74, 6) is 0.848. The highest BCUT2D eigenvalue weighted by Gasteiger charge is 2.20. The number of phenolic OH excluding ortho intramolecular Hbond substituents is 1. The smallest absolute Gasteiger partial charge is 0.278 e. The molecule has 5 rings (SSSR count). The van der Waals surface area contributed by atoms with Gasteiger partial charge in [0.2, 0.25) is 0 Å². The maximum atomic E-state index is 13.3. The van der Waals surface area contributed by atoms with Gasteiger partial charge in [0.1, 0.15) is 11.4 Å². The molecule has 0 atom stereocenters. The molecular weight excluding hydrogens is 410 g/mol. The number of benzene rings is 3. The van der Waals surface area contributed by atoms with Crippen molar-refractivity contribution in [3.8, 4) is 22.8 Å². The van der Waals surface area contributed by atoms with Crippen molar-refractivity contribution in [3.63, 3.8) is 0 Å². The minimum atomic E-state index is -0.118. The van der Waals surface area contributed by atoms with Crippen LogP contribution < -0.4 is 5.56 Å². The Kier molecular flexibility index (Phi) is 5.53. The number of aromatic nitrogens is 3. The molecular formula is C28H25N3O2. The van der Waals surface area contributed by atoms with E-state index in [0.717, 1.165) is 34.5 Å². The summed E-state index contributed by atoms with van der Waals surface area (Å²) in [6, 6.07) is 25.5. The Balaban J connectivity index is 1.62. The number of phenols is 1. The van der Waals surface area contributed by atoms with Crippen molar-refractivity contribution >= 4 is 0 Å². The van der Waals surface area contributed by atoms with Crippen LogP contribution in [0.2, 0.25) is 0 Å². The monoisotopic (exact) mass is 435 g/mol. The average molecular weight is 436 g/mol. The molecule has 33 heavy (non-hydrogen) atoms. The standard InChI is InChI=1S/C28H25N3O2/c1-2-19-8-12-22(13-9-19)26-18-31-27(24(29-26)16-20-6-4-3-5-7-20)30-25(28(31)33)17-21-10-14-23(32)15-11-21/h3-15,18,29,32H,2,16-17H2,1H3. The molecule has 5 nitrogen and oxygen atoms in total. The average Bonchev–Trinajstić information content (AvgIpc) is 3.17. The lowest BCUT2D eigenvalue weighted by atomic mass is 10.1. The molecule has 0 aromatic heterocycles. The van der Waals surface area contributed by atoms with Crippen LogP contribution in [0, 0.1) is 0 Å². The number of aromatic hydroxyl groups is 1. The molecule has 2 aliphatic heterocycles. The second-order valence-corrected chi connectivity index (χ2v) is 8.26. The number of H-pyrrole nitrogens is 1. The van der Waals surface area contributed by atoms with Gasteiger partial charge in [-0.1, -0.05) is 73.7 Å². The molecule has 3 aromatic rings. The molecule has 2 N–H and O–H groups in total. The highest BCUT2D eigenvalue weighted by molar-refractivity contribution is 5.60. The van der Waals surface area contributed by atoms with E-state index in [-0.39, 0.29) is 11.3 Å². The number of nitrogens with one attached hydrogen (secondary N) is 1. The Bertz CT molecular complexity index is 1400. The molecule has 2 heterocycles. The van der Waals surface area contributed by atoms with Gasteiger partial charge in [0, 0.05) is 19.0 Å². The first kappa shape index (κ1) is 20.8.